The van der Waals surface area contributed by atoms with Gasteiger partial charge in [0.25, 0.3) is 0 Å². The molecule has 1 heterocycles. The largest absolute Gasteiger partial charge is 0.320 e. The maximum atomic E-state index is 7.61. The summed E-state index contributed by atoms with van der Waals surface area (Å²) in [5.41, 5.74) is 1.76. The van der Waals surface area contributed by atoms with Crippen molar-refractivity contribution in [2.45, 2.75) is 6.54 Å². The van der Waals surface area contributed by atoms with Crippen molar-refractivity contribution in [2.75, 3.05) is 0 Å². The van der Waals surface area contributed by atoms with Crippen molar-refractivity contribution >= 4 is 17.0 Å². The molecule has 0 aliphatic heterocycles. The van der Waals surface area contributed by atoms with Crippen LogP contribution in [0, 0.1) is 12.0 Å². The van der Waals surface area contributed by atoms with E-state index in [1.54, 1.807) is 12.1 Å². The van der Waals surface area contributed by atoms with E-state index < -0.39 is 0 Å². The van der Waals surface area contributed by atoms with Crippen LogP contribution in [-0.2, 0) is 6.54 Å². The molecule has 0 unspecified atom stereocenters. The van der Waals surface area contributed by atoms with E-state index in [2.05, 4.69) is 4.85 Å². The Morgan fingerprint density at radius 1 is 1.33 bits per heavy atom. The Kier molecular flexibility index (Phi) is 2.66. The van der Waals surface area contributed by atoms with Crippen LogP contribution >= 0.6 is 11.3 Å². The summed E-state index contributed by atoms with van der Waals surface area (Å²) in [6.45, 7) is 7.53. The predicted octanol–water partition coefficient (Wildman–Crippen LogP) is 2.63. The highest BCUT2D eigenvalue weighted by atomic mass is 32.1. The van der Waals surface area contributed by atoms with E-state index >= 15 is 0 Å². The van der Waals surface area contributed by atoms with Gasteiger partial charge < -0.3 is 4.57 Å². The number of benzene rings is 1. The van der Waals surface area contributed by atoms with Gasteiger partial charge in [-0.3, -0.25) is 5.41 Å². The highest BCUT2D eigenvalue weighted by molar-refractivity contribution is 7.06. The molecule has 3 nitrogen and oxygen atoms in total. The maximum absolute atomic E-state index is 7.61. The Morgan fingerprint density at radius 2 is 2.07 bits per heavy atom. The molecule has 0 radical (unpaired) electrons. The monoisotopic (exact) mass is 215 g/mol. The van der Waals surface area contributed by atoms with Crippen LogP contribution in [0.2, 0.25) is 0 Å². The zero-order valence-electron chi connectivity index (χ0n) is 7.97. The van der Waals surface area contributed by atoms with E-state index in [1.807, 2.05) is 28.3 Å². The van der Waals surface area contributed by atoms with Crippen LogP contribution in [0.5, 0.6) is 0 Å². The second kappa shape index (κ2) is 4.11. The minimum Gasteiger partial charge on any atom is -0.320 e. The lowest BCUT2D eigenvalue weighted by atomic mass is 10.2. The van der Waals surface area contributed by atoms with E-state index in [9.17, 15) is 0 Å². The first-order chi connectivity index (χ1) is 7.29. The van der Waals surface area contributed by atoms with Crippen LogP contribution in [0.15, 0.2) is 35.8 Å². The summed E-state index contributed by atoms with van der Waals surface area (Å²) in [4.78, 5) is 3.88. The molecular weight excluding hydrogens is 206 g/mol. The van der Waals surface area contributed by atoms with Gasteiger partial charge in [-0.1, -0.05) is 24.3 Å². The smallest absolute Gasteiger partial charge is 0.187 e. The maximum Gasteiger partial charge on any atom is 0.187 e. The molecule has 1 aromatic carbocycles. The number of hydrogen-bond donors (Lipinski definition) is 1. The molecule has 0 bridgehead atoms. The fourth-order valence-corrected chi connectivity index (χ4v) is 1.90. The van der Waals surface area contributed by atoms with Crippen LogP contribution in [0.3, 0.4) is 0 Å². The quantitative estimate of drug-likeness (QED) is 0.747. The molecule has 74 valence electrons. The predicted molar refractivity (Wildman–Crippen MR) is 60.0 cm³/mol. The average molecular weight is 215 g/mol. The summed E-state index contributed by atoms with van der Waals surface area (Å²) in [6.07, 6.45) is 1.90. The van der Waals surface area contributed by atoms with Crippen molar-refractivity contribution in [3.63, 3.8) is 0 Å². The normalized spacial score (nSPS) is 9.80. The van der Waals surface area contributed by atoms with Gasteiger partial charge in [-0.15, -0.1) is 11.3 Å². The molecule has 4 heteroatoms. The second-order valence-electron chi connectivity index (χ2n) is 3.11. The molecule has 0 spiro atoms. The van der Waals surface area contributed by atoms with E-state index in [1.165, 1.54) is 11.3 Å². The van der Waals surface area contributed by atoms with Gasteiger partial charge in [0.1, 0.15) is 0 Å². The summed E-state index contributed by atoms with van der Waals surface area (Å²) in [7, 11) is 0. The van der Waals surface area contributed by atoms with Crippen molar-refractivity contribution in [1.29, 1.82) is 5.41 Å². The number of aromatic nitrogens is 1. The van der Waals surface area contributed by atoms with Gasteiger partial charge in [0, 0.05) is 18.1 Å². The van der Waals surface area contributed by atoms with Crippen LogP contribution in [0.4, 0.5) is 5.69 Å². The van der Waals surface area contributed by atoms with Gasteiger partial charge >= 0.3 is 0 Å². The zero-order valence-corrected chi connectivity index (χ0v) is 8.79. The van der Waals surface area contributed by atoms with Crippen LogP contribution in [0.25, 0.3) is 4.85 Å². The summed E-state index contributed by atoms with van der Waals surface area (Å²) >= 11 is 1.41. The van der Waals surface area contributed by atoms with Gasteiger partial charge in [-0.25, -0.2) is 4.85 Å². The van der Waals surface area contributed by atoms with Gasteiger partial charge in [-0.05, 0) is 5.56 Å². The molecule has 0 aliphatic rings. The highest BCUT2D eigenvalue weighted by Crippen LogP contribution is 2.13. The summed E-state index contributed by atoms with van der Waals surface area (Å²) in [5.74, 6) is 0. The molecule has 0 atom stereocenters. The van der Waals surface area contributed by atoms with Crippen LogP contribution < -0.4 is 4.80 Å². The van der Waals surface area contributed by atoms with Crippen molar-refractivity contribution < 1.29 is 0 Å². The summed E-state index contributed by atoms with van der Waals surface area (Å²) < 4.78 is 1.87. The third-order valence-electron chi connectivity index (χ3n) is 2.10. The topological polar surface area (TPSA) is 33.1 Å². The molecule has 1 N–H and O–H groups in total. The fourth-order valence-electron chi connectivity index (χ4n) is 1.30. The van der Waals surface area contributed by atoms with E-state index in [4.69, 9.17) is 12.0 Å². The number of hydrogen-bond acceptors (Lipinski definition) is 2. The SMILES string of the molecule is [C-]#[N+]c1ccc(Cn2ccsc2=N)cc1. The minimum absolute atomic E-state index is 0.546. The van der Waals surface area contributed by atoms with Crippen molar-refractivity contribution in [3.8, 4) is 0 Å². The van der Waals surface area contributed by atoms with Crippen LogP contribution in [0.1, 0.15) is 5.56 Å². The first-order valence-corrected chi connectivity index (χ1v) is 5.32. The van der Waals surface area contributed by atoms with E-state index in [0.29, 0.717) is 17.0 Å². The Bertz CT molecular complexity index is 542. The first-order valence-electron chi connectivity index (χ1n) is 4.44. The third kappa shape index (κ3) is 2.14. The molecule has 0 saturated heterocycles. The second-order valence-corrected chi connectivity index (χ2v) is 4.01. The number of thiazole rings is 1. The summed E-state index contributed by atoms with van der Waals surface area (Å²) in [6, 6.07) is 7.47. The van der Waals surface area contributed by atoms with E-state index in [0.717, 1.165) is 5.56 Å². The Morgan fingerprint density at radius 3 is 2.60 bits per heavy atom. The molecule has 15 heavy (non-hydrogen) atoms. The Labute approximate surface area is 91.6 Å². The molecule has 2 aromatic rings. The van der Waals surface area contributed by atoms with E-state index in [-0.39, 0.29) is 0 Å². The lowest BCUT2D eigenvalue weighted by Gasteiger charge is -2.02. The third-order valence-corrected chi connectivity index (χ3v) is 2.82. The Balaban J connectivity index is 2.23. The van der Waals surface area contributed by atoms with Gasteiger partial charge in [0.05, 0.1) is 6.57 Å². The van der Waals surface area contributed by atoms with Crippen molar-refractivity contribution in [1.82, 2.24) is 4.57 Å². The molecular formula is C11H9N3S. The van der Waals surface area contributed by atoms with Crippen LogP contribution in [-0.4, -0.2) is 4.57 Å². The zero-order chi connectivity index (χ0) is 10.7. The van der Waals surface area contributed by atoms with Crippen molar-refractivity contribution in [3.05, 3.63) is 57.6 Å². The molecule has 0 amide bonds. The minimum atomic E-state index is 0.546. The first kappa shape index (κ1) is 9.69. The standard InChI is InChI=1S/C11H9N3S/c1-13-10-4-2-9(3-5-10)8-14-6-7-15-11(14)12/h2-7,12H,8H2. The van der Waals surface area contributed by atoms with Crippen molar-refractivity contribution in [2.24, 2.45) is 0 Å². The lowest BCUT2D eigenvalue weighted by Crippen LogP contribution is -2.12. The Hall–Kier alpha value is -1.86. The lowest BCUT2D eigenvalue weighted by molar-refractivity contribution is 0.760. The molecule has 1 aromatic heterocycles. The number of nitrogens with one attached hydrogen (secondary N) is 1. The fraction of sp³-hybridized carbons (Fsp3) is 0.0909. The molecule has 0 saturated carbocycles. The van der Waals surface area contributed by atoms with Gasteiger partial charge in [0.2, 0.25) is 0 Å². The molecule has 0 aliphatic carbocycles. The molecule has 0 fully saturated rings. The molecule has 2 rings (SSSR count). The summed E-state index contributed by atoms with van der Waals surface area (Å²) in [5, 5.41) is 9.51. The highest BCUT2D eigenvalue weighted by Gasteiger charge is 1.96. The van der Waals surface area contributed by atoms with Gasteiger partial charge in [-0.2, -0.15) is 0 Å². The number of rotatable bonds is 2. The average Bonchev–Trinajstić information content (AvgIpc) is 2.66. The number of nitrogens with zero attached hydrogens (tertiary/aromatic N) is 2. The van der Waals surface area contributed by atoms with Gasteiger partial charge in [0.15, 0.2) is 10.5 Å².